The number of ketones is 1. The third-order valence-corrected chi connectivity index (χ3v) is 10.8. The lowest BCUT2D eigenvalue weighted by Crippen LogP contribution is -2.45. The first-order chi connectivity index (χ1) is 28.0. The number of rotatable bonds is 25. The van der Waals surface area contributed by atoms with Crippen molar-refractivity contribution in [3.8, 4) is 0 Å². The molecule has 2 aromatic carbocycles. The van der Waals surface area contributed by atoms with Gasteiger partial charge in [0, 0.05) is 17.2 Å². The van der Waals surface area contributed by atoms with Gasteiger partial charge in [0.25, 0.3) is 5.56 Å². The van der Waals surface area contributed by atoms with Crippen LogP contribution in [0.5, 0.6) is 0 Å². The van der Waals surface area contributed by atoms with Crippen LogP contribution in [0.15, 0.2) is 78.2 Å². The molecule has 16 heteroatoms. The number of benzene rings is 2. The van der Waals surface area contributed by atoms with Gasteiger partial charge in [-0.05, 0) is 81.7 Å². The number of anilines is 2. The van der Waals surface area contributed by atoms with Gasteiger partial charge in [-0.25, -0.2) is 9.97 Å². The normalized spacial score (nSPS) is 13.9. The van der Waals surface area contributed by atoms with Crippen LogP contribution in [0.3, 0.4) is 0 Å². The SMILES string of the molecule is C=CC(C)C(C(=O)Nc1nc2ncc(CNc3ccc(C(C)=O)cc3)nc2c(=O)[nH]1)C(C(=O)OCCCCOP(OCC)OCC)C(C=O)C(C)Cc1ccccc1. The van der Waals surface area contributed by atoms with E-state index in [0.29, 0.717) is 56.6 Å². The Labute approximate surface area is 339 Å². The molecule has 1 amide bonds. The number of esters is 1. The number of carbonyl (C=O) groups excluding carboxylic acids is 4. The van der Waals surface area contributed by atoms with E-state index in [0.717, 1.165) is 11.3 Å². The van der Waals surface area contributed by atoms with E-state index in [1.165, 1.54) is 19.2 Å². The Bertz CT molecular complexity index is 2030. The van der Waals surface area contributed by atoms with E-state index < -0.39 is 49.7 Å². The predicted molar refractivity (Wildman–Crippen MR) is 222 cm³/mol. The number of H-pyrrole nitrogens is 1. The Kier molecular flexibility index (Phi) is 18.2. The fourth-order valence-electron chi connectivity index (χ4n) is 6.36. The number of hydrogen-bond acceptors (Lipinski definition) is 13. The molecule has 2 heterocycles. The molecule has 0 aliphatic rings. The molecular formula is C42H53N6O9P. The maximum atomic E-state index is 14.3. The molecule has 4 aromatic rings. The van der Waals surface area contributed by atoms with Crippen LogP contribution in [-0.4, -0.2) is 70.3 Å². The fourth-order valence-corrected chi connectivity index (χ4v) is 7.29. The van der Waals surface area contributed by atoms with Gasteiger partial charge in [-0.15, -0.1) is 6.58 Å². The second kappa shape index (κ2) is 23.3. The molecule has 5 atom stereocenters. The standard InChI is InChI=1S/C42H53N6O9P/c1-7-27(4)35(39(51)47-42-46-38-37(40(52)48-42)45-33(25-44-38)24-43-32-19-17-31(18-20-32)29(6)50)36(34(26-49)28(5)23-30-15-11-10-12-16-30)41(53)54-21-13-14-22-57-58(55-8-2)56-9-3/h7,10-12,15-20,25-28,34-36,43H,1,8-9,13-14,21-24H2,2-6H3,(H2,44,46,47,48,51,52). The van der Waals surface area contributed by atoms with Gasteiger partial charge in [-0.1, -0.05) is 50.3 Å². The number of carbonyl (C=O) groups is 4. The molecule has 310 valence electrons. The Hall–Kier alpha value is -5.21. The second-order valence-corrected chi connectivity index (χ2v) is 14.9. The summed E-state index contributed by atoms with van der Waals surface area (Å²) in [5, 5.41) is 5.84. The van der Waals surface area contributed by atoms with Gasteiger partial charge in [0.1, 0.15) is 6.29 Å². The van der Waals surface area contributed by atoms with E-state index in [9.17, 15) is 24.0 Å². The predicted octanol–water partition coefficient (Wildman–Crippen LogP) is 6.85. The Morgan fingerprint density at radius 1 is 0.931 bits per heavy atom. The number of nitrogens with one attached hydrogen (secondary N) is 3. The first-order valence-electron chi connectivity index (χ1n) is 19.4. The highest BCUT2D eigenvalue weighted by Gasteiger charge is 2.45. The van der Waals surface area contributed by atoms with Crippen LogP contribution in [0.4, 0.5) is 11.6 Å². The highest BCUT2D eigenvalue weighted by molar-refractivity contribution is 7.41. The van der Waals surface area contributed by atoms with E-state index in [1.807, 2.05) is 51.1 Å². The Morgan fingerprint density at radius 2 is 1.62 bits per heavy atom. The molecule has 3 N–H and O–H groups in total. The maximum Gasteiger partial charge on any atom is 0.332 e. The molecule has 0 aliphatic heterocycles. The Balaban J connectivity index is 1.54. The van der Waals surface area contributed by atoms with Crippen molar-refractivity contribution in [2.24, 2.45) is 29.6 Å². The van der Waals surface area contributed by atoms with Crippen molar-refractivity contribution >= 4 is 55.3 Å². The molecule has 0 spiro atoms. The average Bonchev–Trinajstić information content (AvgIpc) is 3.21. The number of amides is 1. The van der Waals surface area contributed by atoms with Crippen molar-refractivity contribution in [3.63, 3.8) is 0 Å². The van der Waals surface area contributed by atoms with Crippen LogP contribution in [0.25, 0.3) is 11.2 Å². The minimum absolute atomic E-state index is 0.0146. The zero-order valence-electron chi connectivity index (χ0n) is 33.6. The molecule has 2 aromatic heterocycles. The first-order valence-corrected chi connectivity index (χ1v) is 20.5. The smallest absolute Gasteiger partial charge is 0.332 e. The highest BCUT2D eigenvalue weighted by atomic mass is 31.2. The van der Waals surface area contributed by atoms with Crippen molar-refractivity contribution in [2.45, 2.75) is 60.4 Å². The van der Waals surface area contributed by atoms with Crippen LogP contribution in [0, 0.1) is 29.6 Å². The molecular weight excluding hydrogens is 763 g/mol. The molecule has 58 heavy (non-hydrogen) atoms. The molecule has 0 radical (unpaired) electrons. The average molecular weight is 817 g/mol. The van der Waals surface area contributed by atoms with Crippen molar-refractivity contribution in [2.75, 3.05) is 37.1 Å². The lowest BCUT2D eigenvalue weighted by Gasteiger charge is -2.34. The molecule has 15 nitrogen and oxygen atoms in total. The fraction of sp³-hybridized carbons (Fsp3) is 0.429. The number of aldehydes is 1. The molecule has 0 aliphatic carbocycles. The number of allylic oxidation sites excluding steroid dienone is 1. The summed E-state index contributed by atoms with van der Waals surface area (Å²) >= 11 is 0. The Morgan fingerprint density at radius 3 is 2.26 bits per heavy atom. The molecule has 0 bridgehead atoms. The number of ether oxygens (including phenoxy) is 1. The summed E-state index contributed by atoms with van der Waals surface area (Å²) < 4.78 is 22.4. The quantitative estimate of drug-likeness (QED) is 0.0157. The van der Waals surface area contributed by atoms with E-state index in [1.54, 1.807) is 31.2 Å². The number of aromatic amines is 1. The molecule has 4 rings (SSSR count). The van der Waals surface area contributed by atoms with Gasteiger partial charge in [-0.2, -0.15) is 4.98 Å². The van der Waals surface area contributed by atoms with E-state index in [4.69, 9.17) is 18.3 Å². The minimum atomic E-state index is -1.46. The summed E-state index contributed by atoms with van der Waals surface area (Å²) in [6, 6.07) is 16.5. The van der Waals surface area contributed by atoms with Crippen molar-refractivity contribution in [1.82, 2.24) is 19.9 Å². The summed E-state index contributed by atoms with van der Waals surface area (Å²) in [5.74, 6) is -5.91. The first kappa shape index (κ1) is 45.5. The van der Waals surface area contributed by atoms with E-state index in [2.05, 4.69) is 37.1 Å². The monoisotopic (exact) mass is 816 g/mol. The van der Waals surface area contributed by atoms with Crippen molar-refractivity contribution in [3.05, 3.63) is 101 Å². The number of aromatic nitrogens is 4. The van der Waals surface area contributed by atoms with Crippen LogP contribution in [0.1, 0.15) is 69.1 Å². The molecule has 5 unspecified atom stereocenters. The number of Topliss-reactive ketones (excluding diaryl/α,β-unsaturated/α-hetero) is 1. The molecule has 0 saturated carbocycles. The topological polar surface area (TPSA) is 201 Å². The van der Waals surface area contributed by atoms with Crippen LogP contribution in [0.2, 0.25) is 0 Å². The van der Waals surface area contributed by atoms with E-state index in [-0.39, 0.29) is 42.0 Å². The number of nitrogens with zero attached hydrogens (tertiary/aromatic N) is 3. The van der Waals surface area contributed by atoms with Crippen LogP contribution >= 0.6 is 8.60 Å². The van der Waals surface area contributed by atoms with Crippen LogP contribution < -0.4 is 16.2 Å². The van der Waals surface area contributed by atoms with Crippen LogP contribution in [-0.2, 0) is 45.7 Å². The van der Waals surface area contributed by atoms with Gasteiger partial charge in [0.15, 0.2) is 16.9 Å². The lowest BCUT2D eigenvalue weighted by atomic mass is 9.70. The summed E-state index contributed by atoms with van der Waals surface area (Å²) in [6.45, 7) is 14.2. The van der Waals surface area contributed by atoms with E-state index >= 15 is 0 Å². The summed E-state index contributed by atoms with van der Waals surface area (Å²) in [7, 11) is -1.46. The highest BCUT2D eigenvalue weighted by Crippen LogP contribution is 2.39. The lowest BCUT2D eigenvalue weighted by molar-refractivity contribution is -0.158. The summed E-state index contributed by atoms with van der Waals surface area (Å²) in [5.41, 5.74) is 2.04. The van der Waals surface area contributed by atoms with Gasteiger partial charge in [0.05, 0.1) is 56.7 Å². The van der Waals surface area contributed by atoms with Crippen molar-refractivity contribution < 1.29 is 37.5 Å². The number of unbranched alkanes of at least 4 members (excludes halogenated alkanes) is 1. The van der Waals surface area contributed by atoms with Gasteiger partial charge in [0.2, 0.25) is 11.9 Å². The van der Waals surface area contributed by atoms with Gasteiger partial charge in [-0.3, -0.25) is 29.5 Å². The number of fused-ring (bicyclic) bond motifs is 1. The second-order valence-electron chi connectivity index (χ2n) is 13.7. The summed E-state index contributed by atoms with van der Waals surface area (Å²) in [4.78, 5) is 81.8. The zero-order valence-corrected chi connectivity index (χ0v) is 34.5. The summed E-state index contributed by atoms with van der Waals surface area (Å²) in [6.07, 6.45) is 5.17. The maximum absolute atomic E-state index is 14.3. The largest absolute Gasteiger partial charge is 0.465 e. The third-order valence-electron chi connectivity index (χ3n) is 9.45. The van der Waals surface area contributed by atoms with Gasteiger partial charge >= 0.3 is 14.6 Å². The third kappa shape index (κ3) is 13.2. The molecule has 0 fully saturated rings. The number of hydrogen-bond donors (Lipinski definition) is 3. The minimum Gasteiger partial charge on any atom is -0.465 e. The molecule has 0 saturated heterocycles. The zero-order chi connectivity index (χ0) is 42.0. The van der Waals surface area contributed by atoms with Gasteiger partial charge < -0.3 is 28.4 Å². The van der Waals surface area contributed by atoms with Crippen molar-refractivity contribution in [1.29, 1.82) is 0 Å².